The third-order valence-electron chi connectivity index (χ3n) is 5.79. The minimum absolute atomic E-state index is 0.101. The molecule has 3 aromatic rings. The van der Waals surface area contributed by atoms with E-state index in [0.29, 0.717) is 40.3 Å². The molecule has 1 N–H and O–H groups in total. The third kappa shape index (κ3) is 4.33. The van der Waals surface area contributed by atoms with Crippen LogP contribution in [0.25, 0.3) is 22.4 Å². The van der Waals surface area contributed by atoms with E-state index in [2.05, 4.69) is 16.0 Å². The van der Waals surface area contributed by atoms with Gasteiger partial charge in [-0.25, -0.2) is 13.4 Å². The number of ether oxygens (including phenoxy) is 1. The van der Waals surface area contributed by atoms with Gasteiger partial charge < -0.3 is 9.30 Å². The summed E-state index contributed by atoms with van der Waals surface area (Å²) in [6.07, 6.45) is 0.659. The fourth-order valence-corrected chi connectivity index (χ4v) is 5.00. The van der Waals surface area contributed by atoms with Crippen molar-refractivity contribution in [2.75, 3.05) is 6.61 Å². The summed E-state index contributed by atoms with van der Waals surface area (Å²) in [6.45, 7) is 2.99. The largest absolute Gasteiger partial charge is 0.492 e. The summed E-state index contributed by atoms with van der Waals surface area (Å²) in [7, 11) is -4.45. The normalized spacial score (nSPS) is 15.6. The number of halogens is 3. The molecule has 0 saturated heterocycles. The summed E-state index contributed by atoms with van der Waals surface area (Å²) < 4.78 is 72.3. The highest BCUT2D eigenvalue weighted by Gasteiger charge is 2.39. The standard InChI is InChI=1S/C22H22F3N5O3S/c1-3-33-15-9-17-18(10-26)20(30(14-5-4-6-14)21(17)28-11-15)19-8-7-16(12-27-19)34(31,32)29-13(2)22(23,24)25/h7-9,11-14,29H,3-6H2,1-2H3/t13-/m0/s1. The molecule has 1 aliphatic rings. The van der Waals surface area contributed by atoms with Crippen LogP contribution >= 0.6 is 0 Å². The number of hydrogen-bond donors (Lipinski definition) is 1. The van der Waals surface area contributed by atoms with Gasteiger partial charge >= 0.3 is 6.18 Å². The monoisotopic (exact) mass is 493 g/mol. The Kier molecular flexibility index (Phi) is 6.26. The Hall–Kier alpha value is -3.17. The number of pyridine rings is 2. The van der Waals surface area contributed by atoms with Gasteiger partial charge in [0, 0.05) is 17.6 Å². The number of sulfonamides is 1. The van der Waals surface area contributed by atoms with Gasteiger partial charge in [-0.1, -0.05) is 0 Å². The molecule has 4 rings (SSSR count). The number of nitrogens with one attached hydrogen (secondary N) is 1. The maximum absolute atomic E-state index is 12.8. The van der Waals surface area contributed by atoms with E-state index in [1.165, 1.54) is 12.1 Å². The van der Waals surface area contributed by atoms with Gasteiger partial charge in [-0.05, 0) is 51.3 Å². The Morgan fingerprint density at radius 2 is 2.03 bits per heavy atom. The first kappa shape index (κ1) is 24.0. The first-order chi connectivity index (χ1) is 16.1. The van der Waals surface area contributed by atoms with E-state index >= 15 is 0 Å². The highest BCUT2D eigenvalue weighted by atomic mass is 32.2. The Balaban J connectivity index is 1.80. The summed E-state index contributed by atoms with van der Waals surface area (Å²) in [5.41, 5.74) is 1.73. The highest BCUT2D eigenvalue weighted by Crippen LogP contribution is 2.42. The van der Waals surface area contributed by atoms with Crippen LogP contribution in [0.1, 0.15) is 44.7 Å². The zero-order chi connectivity index (χ0) is 24.7. The fourth-order valence-electron chi connectivity index (χ4n) is 3.83. The molecule has 0 amide bonds. The van der Waals surface area contributed by atoms with E-state index in [4.69, 9.17) is 4.74 Å². The molecule has 0 bridgehead atoms. The maximum atomic E-state index is 12.8. The lowest BCUT2D eigenvalue weighted by molar-refractivity contribution is -0.147. The zero-order valence-electron chi connectivity index (χ0n) is 18.4. The molecule has 0 aromatic carbocycles. The third-order valence-corrected chi connectivity index (χ3v) is 7.32. The second-order valence-electron chi connectivity index (χ2n) is 8.03. The molecule has 0 unspecified atom stereocenters. The maximum Gasteiger partial charge on any atom is 0.404 e. The summed E-state index contributed by atoms with van der Waals surface area (Å²) in [4.78, 5) is 8.33. The molecule has 1 atom stereocenters. The summed E-state index contributed by atoms with van der Waals surface area (Å²) >= 11 is 0. The Bertz CT molecular complexity index is 1360. The summed E-state index contributed by atoms with van der Waals surface area (Å²) in [6, 6.07) is 4.36. The molecule has 180 valence electrons. The summed E-state index contributed by atoms with van der Waals surface area (Å²) in [5.74, 6) is 0.517. The van der Waals surface area contributed by atoms with Crippen molar-refractivity contribution in [1.29, 1.82) is 5.26 Å². The van der Waals surface area contributed by atoms with Crippen LogP contribution in [0, 0.1) is 11.3 Å². The van der Waals surface area contributed by atoms with Crippen molar-refractivity contribution >= 4 is 21.1 Å². The van der Waals surface area contributed by atoms with E-state index in [-0.39, 0.29) is 6.04 Å². The predicted octanol–water partition coefficient (Wildman–Crippen LogP) is 4.32. The first-order valence-electron chi connectivity index (χ1n) is 10.7. The number of hydrogen-bond acceptors (Lipinski definition) is 6. The Morgan fingerprint density at radius 3 is 2.56 bits per heavy atom. The number of alkyl halides is 3. The van der Waals surface area contributed by atoms with Crippen molar-refractivity contribution < 1.29 is 26.3 Å². The molecule has 0 radical (unpaired) electrons. The highest BCUT2D eigenvalue weighted by molar-refractivity contribution is 7.89. The number of rotatable bonds is 7. The molecule has 1 aliphatic carbocycles. The van der Waals surface area contributed by atoms with Crippen LogP contribution in [0.3, 0.4) is 0 Å². The lowest BCUT2D eigenvalue weighted by Crippen LogP contribution is -2.42. The van der Waals surface area contributed by atoms with Gasteiger partial charge in [-0.2, -0.15) is 23.2 Å². The van der Waals surface area contributed by atoms with Crippen LogP contribution in [0.15, 0.2) is 35.5 Å². The number of nitrogens with zero attached hydrogens (tertiary/aromatic N) is 4. The Morgan fingerprint density at radius 1 is 1.29 bits per heavy atom. The molecular weight excluding hydrogens is 471 g/mol. The SMILES string of the molecule is CCOc1cnc2c(c1)c(C#N)c(-c1ccc(S(=O)(=O)N[C@@H](C)C(F)(F)F)cn1)n2C1CCC1. The minimum atomic E-state index is -4.72. The van der Waals surface area contributed by atoms with Crippen LogP contribution in [-0.2, 0) is 10.0 Å². The molecule has 0 aliphatic heterocycles. The quantitative estimate of drug-likeness (QED) is 0.525. The van der Waals surface area contributed by atoms with Crippen molar-refractivity contribution in [3.8, 4) is 23.2 Å². The fraction of sp³-hybridized carbons (Fsp3) is 0.409. The van der Waals surface area contributed by atoms with Crippen molar-refractivity contribution in [3.05, 3.63) is 36.2 Å². The average Bonchev–Trinajstić information content (AvgIpc) is 3.05. The first-order valence-corrected chi connectivity index (χ1v) is 12.2. The van der Waals surface area contributed by atoms with E-state index < -0.39 is 27.1 Å². The number of aromatic nitrogens is 3. The van der Waals surface area contributed by atoms with Crippen LogP contribution in [0.5, 0.6) is 5.75 Å². The number of fused-ring (bicyclic) bond motifs is 1. The van der Waals surface area contributed by atoms with Gasteiger partial charge in [-0.3, -0.25) is 4.98 Å². The second kappa shape index (κ2) is 8.88. The van der Waals surface area contributed by atoms with E-state index in [9.17, 15) is 26.9 Å². The molecular formula is C22H22F3N5O3S. The van der Waals surface area contributed by atoms with Crippen LogP contribution in [-0.4, -0.2) is 41.8 Å². The molecule has 34 heavy (non-hydrogen) atoms. The number of nitriles is 1. The van der Waals surface area contributed by atoms with Crippen LogP contribution < -0.4 is 9.46 Å². The van der Waals surface area contributed by atoms with Gasteiger partial charge in [0.2, 0.25) is 10.0 Å². The molecule has 1 fully saturated rings. The second-order valence-corrected chi connectivity index (χ2v) is 9.74. The van der Waals surface area contributed by atoms with Gasteiger partial charge in [0.25, 0.3) is 0 Å². The van der Waals surface area contributed by atoms with Crippen molar-refractivity contribution in [2.45, 2.75) is 56.3 Å². The van der Waals surface area contributed by atoms with Gasteiger partial charge in [-0.15, -0.1) is 0 Å². The van der Waals surface area contributed by atoms with Crippen LogP contribution in [0.4, 0.5) is 13.2 Å². The lowest BCUT2D eigenvalue weighted by atomic mass is 9.92. The topological polar surface area (TPSA) is 110 Å². The molecule has 1 saturated carbocycles. The van der Waals surface area contributed by atoms with Gasteiger partial charge in [0.05, 0.1) is 29.8 Å². The van der Waals surface area contributed by atoms with Crippen LogP contribution in [0.2, 0.25) is 0 Å². The van der Waals surface area contributed by atoms with E-state index in [0.717, 1.165) is 32.4 Å². The van der Waals surface area contributed by atoms with Gasteiger partial charge in [0.15, 0.2) is 0 Å². The molecule has 3 aromatic heterocycles. The smallest absolute Gasteiger partial charge is 0.404 e. The van der Waals surface area contributed by atoms with Crippen molar-refractivity contribution in [3.63, 3.8) is 0 Å². The molecule has 3 heterocycles. The predicted molar refractivity (Wildman–Crippen MR) is 118 cm³/mol. The lowest BCUT2D eigenvalue weighted by Gasteiger charge is -2.29. The van der Waals surface area contributed by atoms with E-state index in [1.54, 1.807) is 17.0 Å². The molecule has 0 spiro atoms. The van der Waals surface area contributed by atoms with Gasteiger partial charge in [0.1, 0.15) is 28.4 Å². The average molecular weight is 494 g/mol. The molecule has 8 nitrogen and oxygen atoms in total. The minimum Gasteiger partial charge on any atom is -0.492 e. The Labute approximate surface area is 194 Å². The zero-order valence-corrected chi connectivity index (χ0v) is 19.2. The van der Waals surface area contributed by atoms with Crippen molar-refractivity contribution in [2.24, 2.45) is 0 Å². The van der Waals surface area contributed by atoms with Crippen molar-refractivity contribution in [1.82, 2.24) is 19.3 Å². The summed E-state index contributed by atoms with van der Waals surface area (Å²) in [5, 5.41) is 10.6. The molecule has 12 heteroatoms. The van der Waals surface area contributed by atoms with E-state index in [1.807, 2.05) is 11.5 Å².